The molecule has 0 fully saturated rings. The minimum atomic E-state index is 1.23. The summed E-state index contributed by atoms with van der Waals surface area (Å²) in [6.45, 7) is 0. The lowest BCUT2D eigenvalue weighted by molar-refractivity contribution is 1.60. The Morgan fingerprint density at radius 3 is 1.50 bits per heavy atom. The second-order valence-electron chi connectivity index (χ2n) is 14.0. The zero-order valence-electron chi connectivity index (χ0n) is 28.5. The smallest absolute Gasteiger partial charge is 0.00137 e. The molecular formula is C52H32. The van der Waals surface area contributed by atoms with E-state index in [4.69, 9.17) is 0 Å². The average Bonchev–Trinajstić information content (AvgIpc) is 3.22. The number of rotatable bonds is 4. The van der Waals surface area contributed by atoms with Crippen molar-refractivity contribution in [2.75, 3.05) is 0 Å². The maximum Gasteiger partial charge on any atom is -0.00137 e. The number of benzene rings is 11. The Hall–Kier alpha value is -6.76. The highest BCUT2D eigenvalue weighted by molar-refractivity contribution is 6.41. The monoisotopic (exact) mass is 656 g/mol. The molecule has 0 heteroatoms. The molecule has 11 rings (SSSR count). The Labute approximate surface area is 302 Å². The molecule has 0 aromatic heterocycles. The van der Waals surface area contributed by atoms with E-state index in [0.29, 0.717) is 0 Å². The maximum absolute atomic E-state index is 2.39. The first-order valence-corrected chi connectivity index (χ1v) is 18.1. The van der Waals surface area contributed by atoms with Crippen molar-refractivity contribution < 1.29 is 0 Å². The van der Waals surface area contributed by atoms with E-state index in [1.807, 2.05) is 0 Å². The summed E-state index contributed by atoms with van der Waals surface area (Å²) in [5.74, 6) is 0. The largest absolute Gasteiger partial charge is 0.0622 e. The van der Waals surface area contributed by atoms with Crippen LogP contribution in [-0.4, -0.2) is 0 Å². The summed E-state index contributed by atoms with van der Waals surface area (Å²) >= 11 is 0. The molecule has 0 heterocycles. The maximum atomic E-state index is 2.39. The Morgan fingerprint density at radius 2 is 0.731 bits per heavy atom. The predicted molar refractivity (Wildman–Crippen MR) is 224 cm³/mol. The average molecular weight is 657 g/mol. The van der Waals surface area contributed by atoms with Crippen LogP contribution in [0.5, 0.6) is 0 Å². The molecule has 0 amide bonds. The van der Waals surface area contributed by atoms with Gasteiger partial charge in [-0.2, -0.15) is 0 Å². The van der Waals surface area contributed by atoms with Gasteiger partial charge in [-0.3, -0.25) is 0 Å². The van der Waals surface area contributed by atoms with Gasteiger partial charge in [-0.25, -0.2) is 0 Å². The molecule has 0 radical (unpaired) electrons. The summed E-state index contributed by atoms with van der Waals surface area (Å²) in [5, 5.41) is 15.6. The third kappa shape index (κ3) is 4.28. The van der Waals surface area contributed by atoms with Gasteiger partial charge < -0.3 is 0 Å². The summed E-state index contributed by atoms with van der Waals surface area (Å²) in [4.78, 5) is 0. The van der Waals surface area contributed by atoms with E-state index in [1.165, 1.54) is 109 Å². The van der Waals surface area contributed by atoms with E-state index in [1.54, 1.807) is 0 Å². The molecular weight excluding hydrogens is 625 g/mol. The fourth-order valence-corrected chi connectivity index (χ4v) is 8.92. The molecule has 11 aromatic carbocycles. The van der Waals surface area contributed by atoms with Crippen molar-refractivity contribution in [3.63, 3.8) is 0 Å². The van der Waals surface area contributed by atoms with Gasteiger partial charge in [0.05, 0.1) is 0 Å². The highest BCUT2D eigenvalue weighted by atomic mass is 14.2. The van der Waals surface area contributed by atoms with Gasteiger partial charge in [0.1, 0.15) is 0 Å². The summed E-state index contributed by atoms with van der Waals surface area (Å²) < 4.78 is 0. The second kappa shape index (κ2) is 11.4. The first-order chi connectivity index (χ1) is 25.8. The van der Waals surface area contributed by atoms with Crippen LogP contribution in [0.3, 0.4) is 0 Å². The van der Waals surface area contributed by atoms with E-state index < -0.39 is 0 Å². The predicted octanol–water partition coefficient (Wildman–Crippen LogP) is 14.7. The SMILES string of the molecule is c1ccc(-c2ccc3cc(-c4c5ccccc5c5c6ccc(-c7ccccc7-c7ccccc7)c7cccc(c8cccc4c85)c76)ccc3c2)cc1. The summed E-state index contributed by atoms with van der Waals surface area (Å²) in [7, 11) is 0. The molecule has 0 aliphatic rings. The minimum Gasteiger partial charge on any atom is -0.0622 e. The quantitative estimate of drug-likeness (QED) is 0.131. The Balaban J connectivity index is 1.20. The van der Waals surface area contributed by atoms with Crippen LogP contribution in [0, 0.1) is 0 Å². The van der Waals surface area contributed by atoms with Crippen molar-refractivity contribution in [1.29, 1.82) is 0 Å². The van der Waals surface area contributed by atoms with Gasteiger partial charge >= 0.3 is 0 Å². The normalized spacial score (nSPS) is 11.8. The van der Waals surface area contributed by atoms with Crippen molar-refractivity contribution in [3.8, 4) is 44.5 Å². The van der Waals surface area contributed by atoms with E-state index in [2.05, 4.69) is 194 Å². The van der Waals surface area contributed by atoms with Gasteiger partial charge in [0.2, 0.25) is 0 Å². The fourth-order valence-electron chi connectivity index (χ4n) is 8.92. The molecule has 0 spiro atoms. The summed E-state index contributed by atoms with van der Waals surface area (Å²) in [6, 6.07) is 71.7. The lowest BCUT2D eigenvalue weighted by Crippen LogP contribution is -1.93. The lowest BCUT2D eigenvalue weighted by atomic mass is 9.81. The fraction of sp³-hybridized carbons (Fsp3) is 0. The van der Waals surface area contributed by atoms with Gasteiger partial charge in [-0.05, 0) is 121 Å². The molecule has 0 nitrogen and oxygen atoms in total. The zero-order valence-corrected chi connectivity index (χ0v) is 28.5. The van der Waals surface area contributed by atoms with Crippen molar-refractivity contribution >= 4 is 64.6 Å². The van der Waals surface area contributed by atoms with Gasteiger partial charge in [-0.1, -0.05) is 182 Å². The number of hydrogen-bond donors (Lipinski definition) is 0. The standard InChI is InChI=1S/C52H32/c1-3-13-33(14-4-1)35-25-26-37-32-38(28-27-36(37)31-35)49-43-19-9-10-20-45(43)52-48-30-29-41(40-18-8-7-17-39(40)34-15-5-2-6-16-34)42-21-11-22-44(50(42)48)46-23-12-24-47(49)51(46)52/h1-32H. The highest BCUT2D eigenvalue weighted by Gasteiger charge is 2.21. The molecule has 0 aliphatic carbocycles. The molecule has 0 N–H and O–H groups in total. The summed E-state index contributed by atoms with van der Waals surface area (Å²) in [5.41, 5.74) is 10.0. The molecule has 0 bridgehead atoms. The van der Waals surface area contributed by atoms with Crippen LogP contribution in [-0.2, 0) is 0 Å². The Bertz CT molecular complexity index is 3150. The Morgan fingerprint density at radius 1 is 0.212 bits per heavy atom. The molecule has 0 saturated carbocycles. The molecule has 0 atom stereocenters. The van der Waals surface area contributed by atoms with Crippen molar-refractivity contribution in [3.05, 3.63) is 194 Å². The zero-order chi connectivity index (χ0) is 34.2. The van der Waals surface area contributed by atoms with Crippen molar-refractivity contribution in [1.82, 2.24) is 0 Å². The van der Waals surface area contributed by atoms with E-state index in [-0.39, 0.29) is 0 Å². The molecule has 0 saturated heterocycles. The molecule has 52 heavy (non-hydrogen) atoms. The van der Waals surface area contributed by atoms with Crippen LogP contribution in [0.1, 0.15) is 0 Å². The van der Waals surface area contributed by atoms with E-state index in [9.17, 15) is 0 Å². The van der Waals surface area contributed by atoms with Gasteiger partial charge in [-0.15, -0.1) is 0 Å². The minimum absolute atomic E-state index is 1.23. The lowest BCUT2D eigenvalue weighted by Gasteiger charge is -2.21. The van der Waals surface area contributed by atoms with E-state index >= 15 is 0 Å². The first-order valence-electron chi connectivity index (χ1n) is 18.1. The Kier molecular flexibility index (Phi) is 6.35. The second-order valence-corrected chi connectivity index (χ2v) is 14.0. The molecule has 240 valence electrons. The van der Waals surface area contributed by atoms with Crippen molar-refractivity contribution in [2.24, 2.45) is 0 Å². The van der Waals surface area contributed by atoms with Crippen molar-refractivity contribution in [2.45, 2.75) is 0 Å². The first kappa shape index (κ1) is 29.0. The van der Waals surface area contributed by atoms with Crippen LogP contribution in [0.25, 0.3) is 109 Å². The van der Waals surface area contributed by atoms with Gasteiger partial charge in [0.25, 0.3) is 0 Å². The molecule has 0 aliphatic heterocycles. The third-order valence-electron chi connectivity index (χ3n) is 11.2. The topological polar surface area (TPSA) is 0 Å². The van der Waals surface area contributed by atoms with Gasteiger partial charge in [0, 0.05) is 0 Å². The number of hydrogen-bond acceptors (Lipinski definition) is 0. The van der Waals surface area contributed by atoms with Crippen LogP contribution >= 0.6 is 0 Å². The summed E-state index contributed by atoms with van der Waals surface area (Å²) in [6.07, 6.45) is 0. The van der Waals surface area contributed by atoms with Crippen LogP contribution in [0.15, 0.2) is 194 Å². The molecule has 0 unspecified atom stereocenters. The molecule has 11 aromatic rings. The van der Waals surface area contributed by atoms with Gasteiger partial charge in [0.15, 0.2) is 0 Å². The third-order valence-corrected chi connectivity index (χ3v) is 11.2. The van der Waals surface area contributed by atoms with Crippen LogP contribution in [0.4, 0.5) is 0 Å². The van der Waals surface area contributed by atoms with Crippen LogP contribution in [0.2, 0.25) is 0 Å². The van der Waals surface area contributed by atoms with Crippen LogP contribution < -0.4 is 0 Å². The number of fused-ring (bicyclic) bond motifs is 5. The highest BCUT2D eigenvalue weighted by Crippen LogP contribution is 2.49. The van der Waals surface area contributed by atoms with E-state index in [0.717, 1.165) is 0 Å².